The van der Waals surface area contributed by atoms with E-state index in [0.29, 0.717) is 12.4 Å². The molecule has 1 fully saturated rings. The van der Waals surface area contributed by atoms with E-state index in [-0.39, 0.29) is 11.8 Å². The van der Waals surface area contributed by atoms with Crippen LogP contribution in [0.2, 0.25) is 0 Å². The van der Waals surface area contributed by atoms with E-state index in [1.54, 1.807) is 18.5 Å². The van der Waals surface area contributed by atoms with Crippen LogP contribution in [0.15, 0.2) is 48.8 Å². The van der Waals surface area contributed by atoms with E-state index in [2.05, 4.69) is 19.6 Å². The second kappa shape index (κ2) is 7.72. The number of hydrogen-bond donors (Lipinski definition) is 1. The summed E-state index contributed by atoms with van der Waals surface area (Å²) in [5, 5.41) is 0. The van der Waals surface area contributed by atoms with Gasteiger partial charge in [0.05, 0.1) is 5.75 Å². The lowest BCUT2D eigenvalue weighted by atomic mass is 10.1. The number of hydrogen-bond acceptors (Lipinski definition) is 5. The van der Waals surface area contributed by atoms with Crippen LogP contribution < -0.4 is 9.62 Å². The summed E-state index contributed by atoms with van der Waals surface area (Å²) >= 11 is 0. The smallest absolute Gasteiger partial charge is 0.225 e. The van der Waals surface area contributed by atoms with E-state index in [1.807, 2.05) is 30.3 Å². The Labute approximate surface area is 143 Å². The summed E-state index contributed by atoms with van der Waals surface area (Å²) in [5.41, 5.74) is 1.04. The second-order valence-corrected chi connectivity index (χ2v) is 7.86. The minimum atomic E-state index is -3.26. The zero-order valence-corrected chi connectivity index (χ0v) is 14.3. The highest BCUT2D eigenvalue weighted by molar-refractivity contribution is 7.89. The maximum absolute atomic E-state index is 12.3. The Bertz CT molecular complexity index is 730. The molecule has 0 aliphatic carbocycles. The number of nitrogens with one attached hydrogen (secondary N) is 1. The Hall–Kier alpha value is -1.99. The van der Waals surface area contributed by atoms with Crippen molar-refractivity contribution < 1.29 is 8.42 Å². The van der Waals surface area contributed by atoms with E-state index < -0.39 is 10.0 Å². The molecule has 24 heavy (non-hydrogen) atoms. The molecule has 2 heterocycles. The third-order valence-electron chi connectivity index (χ3n) is 4.18. The summed E-state index contributed by atoms with van der Waals surface area (Å²) in [4.78, 5) is 10.6. The second-order valence-electron chi connectivity index (χ2n) is 5.98. The molecule has 1 aliphatic heterocycles. The zero-order chi connectivity index (χ0) is 16.8. The van der Waals surface area contributed by atoms with Gasteiger partial charge < -0.3 is 4.90 Å². The molecule has 128 valence electrons. The number of benzene rings is 1. The van der Waals surface area contributed by atoms with Crippen molar-refractivity contribution in [3.8, 4) is 0 Å². The van der Waals surface area contributed by atoms with E-state index in [1.165, 1.54) is 0 Å². The topological polar surface area (TPSA) is 75.2 Å². The fourth-order valence-electron chi connectivity index (χ4n) is 2.86. The quantitative estimate of drug-likeness (QED) is 0.860. The van der Waals surface area contributed by atoms with Crippen LogP contribution in [0.3, 0.4) is 0 Å². The lowest BCUT2D eigenvalue weighted by molar-refractivity contribution is 0.456. The van der Waals surface area contributed by atoms with Crippen LogP contribution in [0.25, 0.3) is 0 Å². The maximum atomic E-state index is 12.3. The first-order valence-electron chi connectivity index (χ1n) is 8.18. The van der Waals surface area contributed by atoms with Crippen molar-refractivity contribution in [3.05, 3.63) is 54.4 Å². The van der Waals surface area contributed by atoms with Crippen molar-refractivity contribution in [2.24, 2.45) is 0 Å². The van der Waals surface area contributed by atoms with Crippen LogP contribution in [0.5, 0.6) is 0 Å². The molecular formula is C17H22N4O2S. The average molecular weight is 346 g/mol. The zero-order valence-electron chi connectivity index (χ0n) is 13.5. The average Bonchev–Trinajstić information content (AvgIpc) is 2.62. The van der Waals surface area contributed by atoms with Crippen LogP contribution >= 0.6 is 0 Å². The Kier molecular flexibility index (Phi) is 5.42. The minimum Gasteiger partial charge on any atom is -0.341 e. The van der Waals surface area contributed by atoms with Gasteiger partial charge in [-0.2, -0.15) is 0 Å². The number of anilines is 1. The third kappa shape index (κ3) is 4.75. The number of aromatic nitrogens is 2. The van der Waals surface area contributed by atoms with Crippen molar-refractivity contribution in [2.45, 2.75) is 25.3 Å². The molecule has 2 aromatic rings. The monoisotopic (exact) mass is 346 g/mol. The lowest BCUT2D eigenvalue weighted by Gasteiger charge is -2.32. The van der Waals surface area contributed by atoms with E-state index in [9.17, 15) is 8.42 Å². The Morgan fingerprint density at radius 1 is 1.04 bits per heavy atom. The Morgan fingerprint density at radius 3 is 2.38 bits per heavy atom. The van der Waals surface area contributed by atoms with Crippen molar-refractivity contribution in [1.82, 2.24) is 14.7 Å². The first-order valence-corrected chi connectivity index (χ1v) is 9.83. The molecule has 6 nitrogen and oxygen atoms in total. The fraction of sp³-hybridized carbons (Fsp3) is 0.412. The number of rotatable bonds is 6. The third-order valence-corrected chi connectivity index (χ3v) is 5.61. The number of sulfonamides is 1. The molecule has 0 unspecified atom stereocenters. The molecule has 7 heteroatoms. The molecule has 1 aliphatic rings. The number of nitrogens with zero attached hydrogens (tertiary/aromatic N) is 3. The van der Waals surface area contributed by atoms with Crippen LogP contribution in [-0.4, -0.2) is 43.3 Å². The molecule has 1 aromatic carbocycles. The summed E-state index contributed by atoms with van der Waals surface area (Å²) in [6.45, 7) is 1.52. The molecule has 0 atom stereocenters. The van der Waals surface area contributed by atoms with Gasteiger partial charge in [-0.05, 0) is 30.9 Å². The summed E-state index contributed by atoms with van der Waals surface area (Å²) in [7, 11) is -3.26. The first kappa shape index (κ1) is 16.9. The van der Waals surface area contributed by atoms with Crippen LogP contribution in [0.4, 0.5) is 5.95 Å². The molecule has 0 radical (unpaired) electrons. The van der Waals surface area contributed by atoms with Gasteiger partial charge in [-0.1, -0.05) is 30.3 Å². The summed E-state index contributed by atoms with van der Waals surface area (Å²) < 4.78 is 27.4. The molecule has 0 spiro atoms. The molecular weight excluding hydrogens is 324 g/mol. The molecule has 0 amide bonds. The lowest BCUT2D eigenvalue weighted by Crippen LogP contribution is -2.45. The van der Waals surface area contributed by atoms with Crippen molar-refractivity contribution in [3.63, 3.8) is 0 Å². The maximum Gasteiger partial charge on any atom is 0.225 e. The van der Waals surface area contributed by atoms with Crippen molar-refractivity contribution in [1.29, 1.82) is 0 Å². The van der Waals surface area contributed by atoms with Gasteiger partial charge in [0, 0.05) is 31.5 Å². The summed E-state index contributed by atoms with van der Waals surface area (Å²) in [6, 6.07) is 11.5. The van der Waals surface area contributed by atoms with Crippen LogP contribution in [0.1, 0.15) is 18.4 Å². The standard InChI is InChI=1S/C17H22N4O2S/c22-24(23,14-9-15-5-2-1-3-6-15)20-16-7-12-21(13-8-16)17-18-10-4-11-19-17/h1-6,10-11,16,20H,7-9,12-14H2. The largest absolute Gasteiger partial charge is 0.341 e. The highest BCUT2D eigenvalue weighted by Gasteiger charge is 2.24. The molecule has 0 bridgehead atoms. The normalized spacial score (nSPS) is 16.2. The summed E-state index contributed by atoms with van der Waals surface area (Å²) in [5.74, 6) is 0.835. The molecule has 3 rings (SSSR count). The van der Waals surface area contributed by atoms with Crippen LogP contribution in [0, 0.1) is 0 Å². The van der Waals surface area contributed by atoms with Crippen molar-refractivity contribution >= 4 is 16.0 Å². The van der Waals surface area contributed by atoms with Gasteiger partial charge in [0.1, 0.15) is 0 Å². The van der Waals surface area contributed by atoms with Gasteiger partial charge in [-0.25, -0.2) is 23.1 Å². The predicted octanol–water partition coefficient (Wildman–Crippen LogP) is 1.61. The van der Waals surface area contributed by atoms with Gasteiger partial charge in [0.15, 0.2) is 0 Å². The fourth-order valence-corrected chi connectivity index (χ4v) is 4.23. The SMILES string of the molecule is O=S(=O)(CCc1ccccc1)NC1CCN(c2ncccn2)CC1. The van der Waals surface area contributed by atoms with Gasteiger partial charge in [-0.3, -0.25) is 0 Å². The van der Waals surface area contributed by atoms with Crippen molar-refractivity contribution in [2.75, 3.05) is 23.7 Å². The summed E-state index contributed by atoms with van der Waals surface area (Å²) in [6.07, 6.45) is 5.51. The highest BCUT2D eigenvalue weighted by Crippen LogP contribution is 2.16. The van der Waals surface area contributed by atoms with E-state index in [4.69, 9.17) is 0 Å². The predicted molar refractivity (Wildman–Crippen MR) is 94.3 cm³/mol. The number of piperidine rings is 1. The van der Waals surface area contributed by atoms with E-state index in [0.717, 1.165) is 31.5 Å². The molecule has 0 saturated carbocycles. The van der Waals surface area contributed by atoms with Gasteiger partial charge >= 0.3 is 0 Å². The Balaban J connectivity index is 1.48. The molecule has 1 N–H and O–H groups in total. The minimum absolute atomic E-state index is 0.00858. The van der Waals surface area contributed by atoms with Gasteiger partial charge in [-0.15, -0.1) is 0 Å². The molecule has 1 aromatic heterocycles. The molecule has 1 saturated heterocycles. The van der Waals surface area contributed by atoms with Crippen LogP contribution in [-0.2, 0) is 16.4 Å². The van der Waals surface area contributed by atoms with Gasteiger partial charge in [0.25, 0.3) is 0 Å². The van der Waals surface area contributed by atoms with E-state index >= 15 is 0 Å². The first-order chi connectivity index (χ1) is 11.6. The number of aryl methyl sites for hydroxylation is 1. The van der Waals surface area contributed by atoms with Gasteiger partial charge in [0.2, 0.25) is 16.0 Å². The Morgan fingerprint density at radius 2 is 1.71 bits per heavy atom. The highest BCUT2D eigenvalue weighted by atomic mass is 32.2.